The third-order valence-corrected chi connectivity index (χ3v) is 1.55. The van der Waals surface area contributed by atoms with Gasteiger partial charge in [0, 0.05) is 0 Å². The van der Waals surface area contributed by atoms with Crippen LogP contribution in [-0.2, 0) is 4.74 Å². The van der Waals surface area contributed by atoms with E-state index in [9.17, 15) is 0 Å². The molecule has 0 radical (unpaired) electrons. The van der Waals surface area contributed by atoms with Gasteiger partial charge in [0.2, 0.25) is 0 Å². The molecular formula is C8H15NO. The molecule has 0 unspecified atom stereocenters. The van der Waals surface area contributed by atoms with Crippen molar-refractivity contribution in [2.45, 2.75) is 26.2 Å². The molecule has 0 saturated carbocycles. The molecule has 1 rings (SSSR count). The standard InChI is InChI=1S/C8H15NO/c1-2-3-4-5-8-9-6-7-10-8/h5,9H,2-4,6-7H2,1H3. The number of hydrogen-bond acceptors (Lipinski definition) is 2. The van der Waals surface area contributed by atoms with Crippen LogP contribution in [0.2, 0.25) is 0 Å². The molecule has 0 bridgehead atoms. The first-order chi connectivity index (χ1) is 4.93. The Kier molecular flexibility index (Phi) is 3.13. The highest BCUT2D eigenvalue weighted by Crippen LogP contribution is 2.03. The number of ether oxygens (including phenoxy) is 1. The highest BCUT2D eigenvalue weighted by molar-refractivity contribution is 4.93. The van der Waals surface area contributed by atoms with Crippen LogP contribution in [0.1, 0.15) is 26.2 Å². The molecule has 1 aliphatic rings. The van der Waals surface area contributed by atoms with E-state index in [-0.39, 0.29) is 0 Å². The Bertz CT molecular complexity index is 112. The Morgan fingerprint density at radius 2 is 2.60 bits per heavy atom. The zero-order valence-electron chi connectivity index (χ0n) is 6.52. The van der Waals surface area contributed by atoms with Gasteiger partial charge in [0.1, 0.15) is 6.61 Å². The van der Waals surface area contributed by atoms with Gasteiger partial charge >= 0.3 is 0 Å². The maximum atomic E-state index is 5.25. The number of nitrogens with one attached hydrogen (secondary N) is 1. The van der Waals surface area contributed by atoms with E-state index < -0.39 is 0 Å². The van der Waals surface area contributed by atoms with Crippen molar-refractivity contribution in [3.05, 3.63) is 12.0 Å². The van der Waals surface area contributed by atoms with Crippen LogP contribution >= 0.6 is 0 Å². The Hall–Kier alpha value is -0.660. The molecule has 1 N–H and O–H groups in total. The summed E-state index contributed by atoms with van der Waals surface area (Å²) < 4.78 is 5.25. The highest BCUT2D eigenvalue weighted by atomic mass is 16.5. The van der Waals surface area contributed by atoms with E-state index >= 15 is 0 Å². The molecule has 0 aromatic heterocycles. The lowest BCUT2D eigenvalue weighted by atomic mass is 10.2. The van der Waals surface area contributed by atoms with Crippen molar-refractivity contribution in [2.75, 3.05) is 13.2 Å². The second kappa shape index (κ2) is 4.20. The average Bonchev–Trinajstić information content (AvgIpc) is 2.41. The summed E-state index contributed by atoms with van der Waals surface area (Å²) in [7, 11) is 0. The van der Waals surface area contributed by atoms with Crippen LogP contribution in [0.15, 0.2) is 12.0 Å². The van der Waals surface area contributed by atoms with Crippen molar-refractivity contribution in [1.82, 2.24) is 5.32 Å². The minimum atomic E-state index is 0.831. The molecule has 0 aliphatic carbocycles. The van der Waals surface area contributed by atoms with Crippen molar-refractivity contribution in [1.29, 1.82) is 0 Å². The number of allylic oxidation sites excluding steroid dienone is 1. The summed E-state index contributed by atoms with van der Waals surface area (Å²) in [6.45, 7) is 4.00. The molecule has 0 aromatic carbocycles. The molecule has 2 nitrogen and oxygen atoms in total. The fourth-order valence-corrected chi connectivity index (χ4v) is 0.955. The molecule has 1 heterocycles. The van der Waals surface area contributed by atoms with Gasteiger partial charge in [0.05, 0.1) is 6.54 Å². The monoisotopic (exact) mass is 141 g/mol. The first kappa shape index (κ1) is 7.45. The van der Waals surface area contributed by atoms with Gasteiger partial charge < -0.3 is 10.1 Å². The van der Waals surface area contributed by atoms with Gasteiger partial charge in [-0.25, -0.2) is 0 Å². The number of unbranched alkanes of at least 4 members (excludes halogenated alkanes) is 2. The maximum Gasteiger partial charge on any atom is 0.182 e. The summed E-state index contributed by atoms with van der Waals surface area (Å²) in [4.78, 5) is 0. The van der Waals surface area contributed by atoms with Crippen LogP contribution in [0.4, 0.5) is 0 Å². The van der Waals surface area contributed by atoms with E-state index in [0.29, 0.717) is 0 Å². The molecular weight excluding hydrogens is 126 g/mol. The van der Waals surface area contributed by atoms with Crippen molar-refractivity contribution in [3.63, 3.8) is 0 Å². The largest absolute Gasteiger partial charge is 0.478 e. The van der Waals surface area contributed by atoms with Crippen molar-refractivity contribution < 1.29 is 4.74 Å². The van der Waals surface area contributed by atoms with Crippen LogP contribution in [-0.4, -0.2) is 13.2 Å². The Labute approximate surface area is 62.3 Å². The van der Waals surface area contributed by atoms with E-state index in [0.717, 1.165) is 25.5 Å². The van der Waals surface area contributed by atoms with Crippen molar-refractivity contribution in [3.8, 4) is 0 Å². The SMILES string of the molecule is CCCCC=C1NCCO1. The molecule has 10 heavy (non-hydrogen) atoms. The molecule has 2 heteroatoms. The molecule has 1 aliphatic heterocycles. The van der Waals surface area contributed by atoms with Crippen molar-refractivity contribution >= 4 is 0 Å². The molecule has 0 atom stereocenters. The first-order valence-electron chi connectivity index (χ1n) is 4.00. The van der Waals surface area contributed by atoms with Gasteiger partial charge in [-0.1, -0.05) is 13.3 Å². The van der Waals surface area contributed by atoms with Gasteiger partial charge in [0.25, 0.3) is 0 Å². The zero-order valence-corrected chi connectivity index (χ0v) is 6.52. The van der Waals surface area contributed by atoms with Crippen LogP contribution in [0.5, 0.6) is 0 Å². The van der Waals surface area contributed by atoms with E-state index in [2.05, 4.69) is 18.3 Å². The summed E-state index contributed by atoms with van der Waals surface area (Å²) in [5, 5.41) is 3.15. The van der Waals surface area contributed by atoms with E-state index in [1.807, 2.05) is 0 Å². The lowest BCUT2D eigenvalue weighted by Gasteiger charge is -1.96. The van der Waals surface area contributed by atoms with Gasteiger partial charge in [-0.3, -0.25) is 0 Å². The topological polar surface area (TPSA) is 21.3 Å². The fraction of sp³-hybridized carbons (Fsp3) is 0.750. The lowest BCUT2D eigenvalue weighted by Crippen LogP contribution is -2.04. The highest BCUT2D eigenvalue weighted by Gasteiger charge is 2.03. The molecule has 0 spiro atoms. The predicted molar refractivity (Wildman–Crippen MR) is 41.6 cm³/mol. The fourth-order valence-electron chi connectivity index (χ4n) is 0.955. The van der Waals surface area contributed by atoms with Crippen LogP contribution in [0, 0.1) is 0 Å². The number of hydrogen-bond donors (Lipinski definition) is 1. The minimum absolute atomic E-state index is 0.831. The molecule has 58 valence electrons. The molecule has 0 amide bonds. The molecule has 1 saturated heterocycles. The van der Waals surface area contributed by atoms with Gasteiger partial charge in [-0.2, -0.15) is 0 Å². The second-order valence-electron chi connectivity index (χ2n) is 2.49. The summed E-state index contributed by atoms with van der Waals surface area (Å²) in [5.41, 5.74) is 0. The number of rotatable bonds is 3. The second-order valence-corrected chi connectivity index (χ2v) is 2.49. The Morgan fingerprint density at radius 1 is 1.70 bits per heavy atom. The smallest absolute Gasteiger partial charge is 0.182 e. The maximum absolute atomic E-state index is 5.25. The van der Waals surface area contributed by atoms with Crippen LogP contribution < -0.4 is 5.32 Å². The third-order valence-electron chi connectivity index (χ3n) is 1.55. The van der Waals surface area contributed by atoms with Gasteiger partial charge in [-0.15, -0.1) is 0 Å². The quantitative estimate of drug-likeness (QED) is 0.603. The van der Waals surface area contributed by atoms with E-state index in [4.69, 9.17) is 4.74 Å². The van der Waals surface area contributed by atoms with Crippen LogP contribution in [0.25, 0.3) is 0 Å². The Morgan fingerprint density at radius 3 is 3.20 bits per heavy atom. The predicted octanol–water partition coefficient (Wildman–Crippen LogP) is 1.64. The van der Waals surface area contributed by atoms with E-state index in [1.54, 1.807) is 0 Å². The normalized spacial score (nSPS) is 20.7. The summed E-state index contributed by atoms with van der Waals surface area (Å²) in [6.07, 6.45) is 5.79. The lowest BCUT2D eigenvalue weighted by molar-refractivity contribution is 0.264. The van der Waals surface area contributed by atoms with Gasteiger partial charge in [-0.05, 0) is 18.9 Å². The summed E-state index contributed by atoms with van der Waals surface area (Å²) >= 11 is 0. The third kappa shape index (κ3) is 2.29. The molecule has 0 aromatic rings. The Balaban J connectivity index is 2.12. The first-order valence-corrected chi connectivity index (χ1v) is 4.00. The zero-order chi connectivity index (χ0) is 7.23. The molecule has 1 fully saturated rings. The summed E-state index contributed by atoms with van der Waals surface area (Å²) in [5.74, 6) is 0.980. The average molecular weight is 141 g/mol. The van der Waals surface area contributed by atoms with Gasteiger partial charge in [0.15, 0.2) is 5.88 Å². The van der Waals surface area contributed by atoms with Crippen molar-refractivity contribution in [2.24, 2.45) is 0 Å². The minimum Gasteiger partial charge on any atom is -0.478 e. The summed E-state index contributed by atoms with van der Waals surface area (Å²) in [6, 6.07) is 0. The van der Waals surface area contributed by atoms with Crippen LogP contribution in [0.3, 0.4) is 0 Å². The van der Waals surface area contributed by atoms with E-state index in [1.165, 1.54) is 12.8 Å².